The van der Waals surface area contributed by atoms with Gasteiger partial charge in [0.1, 0.15) is 0 Å². The standard InChI is InChI=1S/C13H10N2O4/c16-12(17)9-1-2-10-11(5-9)15(13(18)14-10)6-8-3-4-19-7-8/h1-5,7H,6H2,(H,14,18)(H,16,17). The molecule has 0 aliphatic carbocycles. The minimum absolute atomic E-state index is 0.146. The van der Waals surface area contributed by atoms with Gasteiger partial charge in [0.05, 0.1) is 35.7 Å². The van der Waals surface area contributed by atoms with Gasteiger partial charge in [0.15, 0.2) is 0 Å². The number of hydrogen-bond acceptors (Lipinski definition) is 3. The molecule has 0 amide bonds. The van der Waals surface area contributed by atoms with Gasteiger partial charge >= 0.3 is 11.7 Å². The van der Waals surface area contributed by atoms with Crippen molar-refractivity contribution >= 4 is 17.0 Å². The smallest absolute Gasteiger partial charge is 0.335 e. The zero-order valence-corrected chi connectivity index (χ0v) is 9.79. The Morgan fingerprint density at radius 3 is 2.89 bits per heavy atom. The molecule has 0 saturated carbocycles. The monoisotopic (exact) mass is 258 g/mol. The molecule has 0 aliphatic rings. The molecular formula is C13H10N2O4. The summed E-state index contributed by atoms with van der Waals surface area (Å²) in [5.74, 6) is -1.02. The summed E-state index contributed by atoms with van der Waals surface area (Å²) in [7, 11) is 0. The first kappa shape index (κ1) is 11.3. The van der Waals surface area contributed by atoms with E-state index in [1.165, 1.54) is 23.0 Å². The summed E-state index contributed by atoms with van der Waals surface area (Å²) in [5, 5.41) is 8.99. The number of rotatable bonds is 3. The third-order valence-corrected chi connectivity index (χ3v) is 2.94. The molecule has 0 fully saturated rings. The van der Waals surface area contributed by atoms with Crippen molar-refractivity contribution in [1.82, 2.24) is 9.55 Å². The van der Waals surface area contributed by atoms with Gasteiger partial charge in [0.2, 0.25) is 0 Å². The summed E-state index contributed by atoms with van der Waals surface area (Å²) in [6.07, 6.45) is 3.07. The van der Waals surface area contributed by atoms with Crippen LogP contribution in [0.15, 0.2) is 46.0 Å². The molecule has 3 aromatic rings. The second-order valence-corrected chi connectivity index (χ2v) is 4.18. The fourth-order valence-electron chi connectivity index (χ4n) is 2.01. The van der Waals surface area contributed by atoms with E-state index in [4.69, 9.17) is 9.52 Å². The summed E-state index contributed by atoms with van der Waals surface area (Å²) in [6, 6.07) is 6.29. The lowest BCUT2D eigenvalue weighted by atomic mass is 10.2. The fraction of sp³-hybridized carbons (Fsp3) is 0.0769. The Morgan fingerprint density at radius 2 is 2.21 bits per heavy atom. The van der Waals surface area contributed by atoms with Crippen LogP contribution in [0, 0.1) is 0 Å². The number of hydrogen-bond donors (Lipinski definition) is 2. The Hall–Kier alpha value is -2.76. The van der Waals surface area contributed by atoms with Gasteiger partial charge in [-0.3, -0.25) is 4.57 Å². The van der Waals surface area contributed by atoms with Crippen LogP contribution in [0.25, 0.3) is 11.0 Å². The van der Waals surface area contributed by atoms with Crippen LogP contribution in [0.1, 0.15) is 15.9 Å². The van der Waals surface area contributed by atoms with E-state index in [1.807, 2.05) is 0 Å². The Bertz CT molecular complexity index is 796. The fourth-order valence-corrected chi connectivity index (χ4v) is 2.01. The van der Waals surface area contributed by atoms with Crippen molar-refractivity contribution in [2.75, 3.05) is 0 Å². The first-order chi connectivity index (χ1) is 9.15. The number of imidazole rings is 1. The third kappa shape index (κ3) is 1.93. The van der Waals surface area contributed by atoms with Crippen LogP contribution in [-0.2, 0) is 6.54 Å². The molecule has 3 rings (SSSR count). The van der Waals surface area contributed by atoms with E-state index in [2.05, 4.69) is 4.98 Å². The number of nitrogens with zero attached hydrogens (tertiary/aromatic N) is 1. The van der Waals surface area contributed by atoms with Crippen LogP contribution in [-0.4, -0.2) is 20.6 Å². The quantitative estimate of drug-likeness (QED) is 0.747. The van der Waals surface area contributed by atoms with Crippen LogP contribution < -0.4 is 5.69 Å². The number of H-pyrrole nitrogens is 1. The molecule has 1 aromatic carbocycles. The predicted molar refractivity (Wildman–Crippen MR) is 67.3 cm³/mol. The van der Waals surface area contributed by atoms with Gasteiger partial charge in [0, 0.05) is 5.56 Å². The number of carboxylic acid groups (broad SMARTS) is 1. The molecule has 0 aliphatic heterocycles. The van der Waals surface area contributed by atoms with E-state index < -0.39 is 5.97 Å². The molecule has 0 atom stereocenters. The number of carboxylic acids is 1. The molecule has 0 radical (unpaired) electrons. The number of furan rings is 1. The van der Waals surface area contributed by atoms with Gasteiger partial charge in [0.25, 0.3) is 0 Å². The normalized spacial score (nSPS) is 10.9. The molecule has 19 heavy (non-hydrogen) atoms. The molecule has 6 nitrogen and oxygen atoms in total. The van der Waals surface area contributed by atoms with Crippen LogP contribution in [0.2, 0.25) is 0 Å². The topological polar surface area (TPSA) is 88.2 Å². The first-order valence-corrected chi connectivity index (χ1v) is 5.62. The summed E-state index contributed by atoms with van der Waals surface area (Å²) in [4.78, 5) is 25.5. The number of aromatic amines is 1. The van der Waals surface area contributed by atoms with Gasteiger partial charge in [-0.2, -0.15) is 0 Å². The highest BCUT2D eigenvalue weighted by Crippen LogP contribution is 2.14. The summed E-state index contributed by atoms with van der Waals surface area (Å²) in [6.45, 7) is 0.332. The van der Waals surface area contributed by atoms with E-state index >= 15 is 0 Å². The maximum absolute atomic E-state index is 11.9. The number of benzene rings is 1. The van der Waals surface area contributed by atoms with E-state index in [9.17, 15) is 9.59 Å². The van der Waals surface area contributed by atoms with E-state index in [0.29, 0.717) is 17.6 Å². The number of nitrogens with one attached hydrogen (secondary N) is 1. The minimum Gasteiger partial charge on any atom is -0.478 e. The van der Waals surface area contributed by atoms with Crippen molar-refractivity contribution in [2.45, 2.75) is 6.54 Å². The SMILES string of the molecule is O=C(O)c1ccc2[nH]c(=O)n(Cc3ccoc3)c2c1. The van der Waals surface area contributed by atoms with Gasteiger partial charge in [-0.15, -0.1) is 0 Å². The number of fused-ring (bicyclic) bond motifs is 1. The molecular weight excluding hydrogens is 248 g/mol. The zero-order chi connectivity index (χ0) is 13.4. The van der Waals surface area contributed by atoms with Crippen LogP contribution >= 0.6 is 0 Å². The molecule has 0 saturated heterocycles. The largest absolute Gasteiger partial charge is 0.478 e. The van der Waals surface area contributed by atoms with Crippen LogP contribution in [0.5, 0.6) is 0 Å². The van der Waals surface area contributed by atoms with Crippen molar-refractivity contribution in [3.05, 3.63) is 58.4 Å². The highest BCUT2D eigenvalue weighted by atomic mass is 16.4. The Labute approximate surface area is 106 Å². The van der Waals surface area contributed by atoms with Crippen molar-refractivity contribution < 1.29 is 14.3 Å². The average molecular weight is 258 g/mol. The highest BCUT2D eigenvalue weighted by Gasteiger charge is 2.11. The predicted octanol–water partition coefficient (Wildman–Crippen LogP) is 1.67. The molecule has 0 spiro atoms. The van der Waals surface area contributed by atoms with Crippen LogP contribution in [0.3, 0.4) is 0 Å². The lowest BCUT2D eigenvalue weighted by Crippen LogP contribution is -2.17. The molecule has 2 aromatic heterocycles. The van der Waals surface area contributed by atoms with Crippen LogP contribution in [0.4, 0.5) is 0 Å². The molecule has 96 valence electrons. The second kappa shape index (κ2) is 4.16. The van der Waals surface area contributed by atoms with Gasteiger partial charge in [-0.1, -0.05) is 0 Å². The van der Waals surface area contributed by atoms with Gasteiger partial charge < -0.3 is 14.5 Å². The van der Waals surface area contributed by atoms with Crippen molar-refractivity contribution in [2.24, 2.45) is 0 Å². The summed E-state index contributed by atoms with van der Waals surface area (Å²) < 4.78 is 6.44. The average Bonchev–Trinajstić information content (AvgIpc) is 2.98. The van der Waals surface area contributed by atoms with Gasteiger partial charge in [-0.25, -0.2) is 9.59 Å². The van der Waals surface area contributed by atoms with E-state index in [0.717, 1.165) is 5.56 Å². The highest BCUT2D eigenvalue weighted by molar-refractivity contribution is 5.92. The number of carbonyl (C=O) groups is 1. The number of aromatic nitrogens is 2. The molecule has 0 unspecified atom stereocenters. The Morgan fingerprint density at radius 1 is 1.37 bits per heavy atom. The summed E-state index contributed by atoms with van der Waals surface area (Å²) in [5.41, 5.74) is 1.87. The molecule has 2 N–H and O–H groups in total. The second-order valence-electron chi connectivity index (χ2n) is 4.18. The van der Waals surface area contributed by atoms with Crippen molar-refractivity contribution in [3.8, 4) is 0 Å². The minimum atomic E-state index is -1.02. The number of aromatic carboxylic acids is 1. The van der Waals surface area contributed by atoms with E-state index in [-0.39, 0.29) is 11.3 Å². The Balaban J connectivity index is 2.16. The van der Waals surface area contributed by atoms with Crippen molar-refractivity contribution in [3.63, 3.8) is 0 Å². The zero-order valence-electron chi connectivity index (χ0n) is 9.79. The maximum atomic E-state index is 11.9. The molecule has 0 bridgehead atoms. The lowest BCUT2D eigenvalue weighted by Gasteiger charge is -2.01. The third-order valence-electron chi connectivity index (χ3n) is 2.94. The van der Waals surface area contributed by atoms with Crippen molar-refractivity contribution in [1.29, 1.82) is 0 Å². The van der Waals surface area contributed by atoms with Gasteiger partial charge in [-0.05, 0) is 24.3 Å². The Kier molecular flexibility index (Phi) is 2.49. The summed E-state index contributed by atoms with van der Waals surface area (Å²) >= 11 is 0. The molecule has 6 heteroatoms. The first-order valence-electron chi connectivity index (χ1n) is 5.62. The molecule has 2 heterocycles. The lowest BCUT2D eigenvalue weighted by molar-refractivity contribution is 0.0697. The van der Waals surface area contributed by atoms with E-state index in [1.54, 1.807) is 18.4 Å². The maximum Gasteiger partial charge on any atom is 0.335 e.